The van der Waals surface area contributed by atoms with Crippen molar-refractivity contribution in [3.05, 3.63) is 35.9 Å². The van der Waals surface area contributed by atoms with E-state index in [1.807, 2.05) is 6.07 Å². The summed E-state index contributed by atoms with van der Waals surface area (Å²) in [5, 5.41) is 3.33. The van der Waals surface area contributed by atoms with Crippen molar-refractivity contribution in [1.82, 2.24) is 10.2 Å². The van der Waals surface area contributed by atoms with Gasteiger partial charge in [0.25, 0.3) is 0 Å². The molecule has 0 saturated heterocycles. The average molecular weight is 291 g/mol. The van der Waals surface area contributed by atoms with Crippen molar-refractivity contribution in [3.63, 3.8) is 0 Å². The summed E-state index contributed by atoms with van der Waals surface area (Å²) in [6.07, 6.45) is 2.30. The summed E-state index contributed by atoms with van der Waals surface area (Å²) in [7, 11) is 2.06. The molecule has 0 aliphatic carbocycles. The Balaban J connectivity index is 2.43. The molecule has 0 aliphatic heterocycles. The van der Waals surface area contributed by atoms with E-state index >= 15 is 0 Å². The van der Waals surface area contributed by atoms with E-state index in [9.17, 15) is 0 Å². The molecule has 21 heavy (non-hydrogen) atoms. The molecule has 1 N–H and O–H groups in total. The third-order valence-electron chi connectivity index (χ3n) is 3.10. The first kappa shape index (κ1) is 17.5. The summed E-state index contributed by atoms with van der Waals surface area (Å²) in [5.74, 6) is 0.931. The quantitative estimate of drug-likeness (QED) is 0.432. The molecule has 4 nitrogen and oxygen atoms in total. The number of benzene rings is 1. The second-order valence-corrected chi connectivity index (χ2v) is 5.04. The van der Waals surface area contributed by atoms with Crippen molar-refractivity contribution in [1.29, 1.82) is 0 Å². The number of hydrogen-bond acceptors (Lipinski definition) is 2. The molecular weight excluding hydrogens is 262 g/mol. The van der Waals surface area contributed by atoms with Gasteiger partial charge >= 0.3 is 0 Å². The van der Waals surface area contributed by atoms with Gasteiger partial charge in [-0.2, -0.15) is 0 Å². The summed E-state index contributed by atoms with van der Waals surface area (Å²) in [6.45, 7) is 8.20. The van der Waals surface area contributed by atoms with Crippen LogP contribution in [0.15, 0.2) is 35.3 Å². The van der Waals surface area contributed by atoms with E-state index in [4.69, 9.17) is 4.74 Å². The van der Waals surface area contributed by atoms with E-state index in [-0.39, 0.29) is 0 Å². The summed E-state index contributed by atoms with van der Waals surface area (Å²) < 4.78 is 5.55. The molecule has 0 unspecified atom stereocenters. The number of unbranched alkanes of at least 4 members (excludes halogenated alkanes) is 1. The second kappa shape index (κ2) is 11.1. The third kappa shape index (κ3) is 7.71. The number of nitrogens with one attached hydrogen (secondary N) is 1. The van der Waals surface area contributed by atoms with Crippen LogP contribution < -0.4 is 5.32 Å². The molecule has 0 aliphatic rings. The van der Waals surface area contributed by atoms with Crippen LogP contribution in [-0.4, -0.2) is 44.2 Å². The Morgan fingerprint density at radius 3 is 2.62 bits per heavy atom. The summed E-state index contributed by atoms with van der Waals surface area (Å²) >= 11 is 0. The molecule has 0 radical (unpaired) electrons. The maximum Gasteiger partial charge on any atom is 0.194 e. The Kier molecular flexibility index (Phi) is 9.29. The van der Waals surface area contributed by atoms with Crippen LogP contribution in [0.1, 0.15) is 32.3 Å². The normalized spacial score (nSPS) is 11.5. The van der Waals surface area contributed by atoms with Gasteiger partial charge in [-0.15, -0.1) is 0 Å². The summed E-state index contributed by atoms with van der Waals surface area (Å²) in [6, 6.07) is 10.4. The van der Waals surface area contributed by atoms with Crippen LogP contribution in [0.4, 0.5) is 0 Å². The van der Waals surface area contributed by atoms with Gasteiger partial charge in [-0.1, -0.05) is 43.7 Å². The first-order valence-corrected chi connectivity index (χ1v) is 7.89. The van der Waals surface area contributed by atoms with Crippen molar-refractivity contribution in [3.8, 4) is 0 Å². The van der Waals surface area contributed by atoms with Gasteiger partial charge in [0.15, 0.2) is 5.96 Å². The highest BCUT2D eigenvalue weighted by Gasteiger charge is 2.05. The van der Waals surface area contributed by atoms with Crippen LogP contribution in [0.2, 0.25) is 0 Å². The van der Waals surface area contributed by atoms with Crippen LogP contribution in [0.25, 0.3) is 0 Å². The zero-order valence-electron chi connectivity index (χ0n) is 13.6. The molecule has 0 bridgehead atoms. The van der Waals surface area contributed by atoms with Gasteiger partial charge in [-0.05, 0) is 18.9 Å². The topological polar surface area (TPSA) is 36.9 Å². The second-order valence-electron chi connectivity index (χ2n) is 5.04. The lowest BCUT2D eigenvalue weighted by Gasteiger charge is -2.22. The molecule has 0 atom stereocenters. The fraction of sp³-hybridized carbons (Fsp3) is 0.588. The fourth-order valence-corrected chi connectivity index (χ4v) is 1.97. The average Bonchev–Trinajstić information content (AvgIpc) is 2.50. The molecule has 1 aromatic rings. The highest BCUT2D eigenvalue weighted by atomic mass is 16.5. The lowest BCUT2D eigenvalue weighted by Crippen LogP contribution is -2.38. The molecule has 1 rings (SSSR count). The minimum atomic E-state index is 0.689. The minimum Gasteiger partial charge on any atom is -0.380 e. The van der Waals surface area contributed by atoms with Gasteiger partial charge in [-0.25, -0.2) is 0 Å². The van der Waals surface area contributed by atoms with Crippen LogP contribution in [-0.2, 0) is 11.3 Å². The molecule has 0 heterocycles. The van der Waals surface area contributed by atoms with E-state index < -0.39 is 0 Å². The minimum absolute atomic E-state index is 0.689. The van der Waals surface area contributed by atoms with Crippen molar-refractivity contribution >= 4 is 5.96 Å². The predicted molar refractivity (Wildman–Crippen MR) is 89.6 cm³/mol. The Bertz CT molecular complexity index is 392. The maximum absolute atomic E-state index is 5.55. The number of aliphatic imine (C=N–C) groups is 1. The first-order chi connectivity index (χ1) is 10.3. The van der Waals surface area contributed by atoms with Gasteiger partial charge in [0.05, 0.1) is 13.2 Å². The van der Waals surface area contributed by atoms with E-state index in [1.54, 1.807) is 0 Å². The predicted octanol–water partition coefficient (Wildman–Crippen LogP) is 2.90. The lowest BCUT2D eigenvalue weighted by atomic mass is 10.2. The Morgan fingerprint density at radius 1 is 1.19 bits per heavy atom. The zero-order valence-corrected chi connectivity index (χ0v) is 13.6. The molecule has 0 spiro atoms. The molecule has 118 valence electrons. The SMILES string of the molecule is CCCCOCCN=C(NCC)N(C)Cc1ccccc1. The van der Waals surface area contributed by atoms with Gasteiger partial charge < -0.3 is 15.0 Å². The Labute approximate surface area is 129 Å². The van der Waals surface area contributed by atoms with Crippen molar-refractivity contribution in [2.75, 3.05) is 33.4 Å². The van der Waals surface area contributed by atoms with E-state index in [2.05, 4.69) is 60.4 Å². The highest BCUT2D eigenvalue weighted by Crippen LogP contribution is 2.02. The summed E-state index contributed by atoms with van der Waals surface area (Å²) in [4.78, 5) is 6.76. The lowest BCUT2D eigenvalue weighted by molar-refractivity contribution is 0.138. The van der Waals surface area contributed by atoms with Crippen LogP contribution in [0, 0.1) is 0 Å². The Morgan fingerprint density at radius 2 is 1.95 bits per heavy atom. The molecule has 0 aromatic heterocycles. The zero-order chi connectivity index (χ0) is 15.3. The number of hydrogen-bond donors (Lipinski definition) is 1. The van der Waals surface area contributed by atoms with Crippen LogP contribution in [0.5, 0.6) is 0 Å². The van der Waals surface area contributed by atoms with Gasteiger partial charge in [0.1, 0.15) is 0 Å². The molecular formula is C17H29N3O. The van der Waals surface area contributed by atoms with E-state index in [0.29, 0.717) is 13.2 Å². The van der Waals surface area contributed by atoms with Gasteiger partial charge in [-0.3, -0.25) is 4.99 Å². The third-order valence-corrected chi connectivity index (χ3v) is 3.10. The number of guanidine groups is 1. The van der Waals surface area contributed by atoms with E-state index in [0.717, 1.165) is 32.1 Å². The molecule has 0 amide bonds. The Hall–Kier alpha value is -1.55. The molecule has 0 fully saturated rings. The molecule has 0 saturated carbocycles. The smallest absolute Gasteiger partial charge is 0.194 e. The standard InChI is InChI=1S/C17H29N3O/c1-4-6-13-21-14-12-19-17(18-5-2)20(3)15-16-10-8-7-9-11-16/h7-11H,4-6,12-15H2,1-3H3,(H,18,19). The van der Waals surface area contributed by atoms with Crippen LogP contribution >= 0.6 is 0 Å². The summed E-state index contributed by atoms with van der Waals surface area (Å²) in [5.41, 5.74) is 1.28. The van der Waals surface area contributed by atoms with Crippen molar-refractivity contribution in [2.45, 2.75) is 33.2 Å². The van der Waals surface area contributed by atoms with Crippen LogP contribution in [0.3, 0.4) is 0 Å². The molecule has 4 heteroatoms. The monoisotopic (exact) mass is 291 g/mol. The van der Waals surface area contributed by atoms with E-state index in [1.165, 1.54) is 12.0 Å². The highest BCUT2D eigenvalue weighted by molar-refractivity contribution is 5.79. The largest absolute Gasteiger partial charge is 0.380 e. The fourth-order valence-electron chi connectivity index (χ4n) is 1.97. The van der Waals surface area contributed by atoms with Crippen molar-refractivity contribution in [2.24, 2.45) is 4.99 Å². The number of nitrogens with zero attached hydrogens (tertiary/aromatic N) is 2. The van der Waals surface area contributed by atoms with Gasteiger partial charge in [0.2, 0.25) is 0 Å². The van der Waals surface area contributed by atoms with Gasteiger partial charge in [0, 0.05) is 26.7 Å². The number of ether oxygens (including phenoxy) is 1. The number of rotatable bonds is 9. The molecule has 1 aromatic carbocycles. The maximum atomic E-state index is 5.55. The van der Waals surface area contributed by atoms with Crippen molar-refractivity contribution < 1.29 is 4.74 Å². The first-order valence-electron chi connectivity index (χ1n) is 7.89.